The van der Waals surface area contributed by atoms with Gasteiger partial charge in [-0.05, 0) is 42.8 Å². The first-order chi connectivity index (χ1) is 10.3. The summed E-state index contributed by atoms with van der Waals surface area (Å²) in [6.07, 6.45) is -3.36. The highest BCUT2D eigenvalue weighted by Gasteiger charge is 2.31. The van der Waals surface area contributed by atoms with E-state index in [4.69, 9.17) is 11.6 Å². The van der Waals surface area contributed by atoms with Gasteiger partial charge in [-0.3, -0.25) is 0 Å². The van der Waals surface area contributed by atoms with E-state index < -0.39 is 6.36 Å². The lowest BCUT2D eigenvalue weighted by Gasteiger charge is -2.12. The molecule has 0 aliphatic carbocycles. The Labute approximate surface area is 128 Å². The zero-order valence-corrected chi connectivity index (χ0v) is 12.0. The number of aryl methyl sites for hydroxylation is 1. The van der Waals surface area contributed by atoms with E-state index in [1.807, 2.05) is 19.1 Å². The van der Waals surface area contributed by atoms with Crippen molar-refractivity contribution in [3.63, 3.8) is 0 Å². The average molecular weight is 328 g/mol. The van der Waals surface area contributed by atoms with Crippen molar-refractivity contribution in [1.82, 2.24) is 14.6 Å². The topological polar surface area (TPSA) is 39.4 Å². The SMILES string of the molecule is Cc1cc(-c2ccc(OC(F)(F)F)cc2Cl)n2ncnc2c1. The van der Waals surface area contributed by atoms with Gasteiger partial charge in [-0.15, -0.1) is 13.2 Å². The summed E-state index contributed by atoms with van der Waals surface area (Å²) in [5, 5.41) is 4.22. The lowest BCUT2D eigenvalue weighted by Crippen LogP contribution is -2.17. The van der Waals surface area contributed by atoms with Crippen molar-refractivity contribution >= 4 is 17.2 Å². The van der Waals surface area contributed by atoms with Crippen LogP contribution in [-0.2, 0) is 0 Å². The molecule has 8 heteroatoms. The molecule has 2 heterocycles. The molecule has 3 aromatic rings. The summed E-state index contributed by atoms with van der Waals surface area (Å²) in [6.45, 7) is 1.88. The number of halogens is 4. The van der Waals surface area contributed by atoms with Crippen molar-refractivity contribution in [2.45, 2.75) is 13.3 Å². The maximum absolute atomic E-state index is 12.2. The molecule has 0 amide bonds. The summed E-state index contributed by atoms with van der Waals surface area (Å²) in [6, 6.07) is 7.45. The van der Waals surface area contributed by atoms with Crippen LogP contribution in [-0.4, -0.2) is 21.0 Å². The van der Waals surface area contributed by atoms with Crippen LogP contribution in [0.4, 0.5) is 13.2 Å². The summed E-state index contributed by atoms with van der Waals surface area (Å²) in [5.74, 6) is -0.372. The second-order valence-corrected chi connectivity index (χ2v) is 5.04. The molecule has 0 spiro atoms. The maximum Gasteiger partial charge on any atom is 0.573 e. The number of aromatic nitrogens is 3. The average Bonchev–Trinajstić information content (AvgIpc) is 2.84. The highest BCUT2D eigenvalue weighted by Crippen LogP contribution is 2.33. The van der Waals surface area contributed by atoms with E-state index >= 15 is 0 Å². The molecule has 4 nitrogen and oxygen atoms in total. The van der Waals surface area contributed by atoms with Crippen LogP contribution in [0, 0.1) is 6.92 Å². The fourth-order valence-electron chi connectivity index (χ4n) is 2.15. The third kappa shape index (κ3) is 2.85. The number of ether oxygens (including phenoxy) is 1. The van der Waals surface area contributed by atoms with E-state index in [9.17, 15) is 13.2 Å². The van der Waals surface area contributed by atoms with Gasteiger partial charge in [0.05, 0.1) is 10.7 Å². The quantitative estimate of drug-likeness (QED) is 0.706. The molecular weight excluding hydrogens is 319 g/mol. The number of rotatable bonds is 2. The van der Waals surface area contributed by atoms with E-state index in [2.05, 4.69) is 14.8 Å². The highest BCUT2D eigenvalue weighted by atomic mass is 35.5. The van der Waals surface area contributed by atoms with E-state index in [1.165, 1.54) is 18.5 Å². The smallest absolute Gasteiger partial charge is 0.406 e. The maximum atomic E-state index is 12.2. The summed E-state index contributed by atoms with van der Waals surface area (Å²) < 4.78 is 42.1. The Kier molecular flexibility index (Phi) is 3.44. The van der Waals surface area contributed by atoms with Gasteiger partial charge in [0.2, 0.25) is 0 Å². The third-order valence-corrected chi connectivity index (χ3v) is 3.29. The Hall–Kier alpha value is -2.28. The molecule has 0 saturated heterocycles. The highest BCUT2D eigenvalue weighted by molar-refractivity contribution is 6.33. The van der Waals surface area contributed by atoms with Gasteiger partial charge in [0.25, 0.3) is 0 Å². The molecule has 0 atom stereocenters. The first-order valence-corrected chi connectivity index (χ1v) is 6.57. The number of benzene rings is 1. The number of fused-ring (bicyclic) bond motifs is 1. The van der Waals surface area contributed by atoms with Crippen LogP contribution >= 0.6 is 11.6 Å². The zero-order chi connectivity index (χ0) is 15.9. The molecule has 0 radical (unpaired) electrons. The molecule has 2 aromatic heterocycles. The van der Waals surface area contributed by atoms with E-state index in [0.29, 0.717) is 16.9 Å². The standard InChI is InChI=1S/C14H9ClF3N3O/c1-8-4-12(21-13(5-8)19-7-20-21)10-3-2-9(6-11(10)15)22-14(16,17)18/h2-7H,1H3. The fraction of sp³-hybridized carbons (Fsp3) is 0.143. The van der Waals surface area contributed by atoms with Crippen molar-refractivity contribution < 1.29 is 17.9 Å². The van der Waals surface area contributed by atoms with Crippen LogP contribution < -0.4 is 4.74 Å². The molecular formula is C14H9ClF3N3O. The van der Waals surface area contributed by atoms with Crippen molar-refractivity contribution in [1.29, 1.82) is 0 Å². The first-order valence-electron chi connectivity index (χ1n) is 6.19. The number of nitrogens with zero attached hydrogens (tertiary/aromatic N) is 3. The summed E-state index contributed by atoms with van der Waals surface area (Å²) in [7, 11) is 0. The largest absolute Gasteiger partial charge is 0.573 e. The molecule has 0 bridgehead atoms. The molecule has 0 aliphatic heterocycles. The number of pyridine rings is 1. The van der Waals surface area contributed by atoms with Gasteiger partial charge < -0.3 is 4.74 Å². The molecule has 0 fully saturated rings. The Morgan fingerprint density at radius 1 is 1.18 bits per heavy atom. The minimum Gasteiger partial charge on any atom is -0.406 e. The fourth-order valence-corrected chi connectivity index (χ4v) is 2.42. The summed E-state index contributed by atoms with van der Waals surface area (Å²) in [4.78, 5) is 4.10. The van der Waals surface area contributed by atoms with Crippen LogP contribution in [0.25, 0.3) is 16.9 Å². The van der Waals surface area contributed by atoms with Crippen molar-refractivity contribution in [2.75, 3.05) is 0 Å². The number of hydrogen-bond acceptors (Lipinski definition) is 3. The van der Waals surface area contributed by atoms with Crippen molar-refractivity contribution in [3.8, 4) is 17.0 Å². The molecule has 114 valence electrons. The van der Waals surface area contributed by atoms with Crippen molar-refractivity contribution in [3.05, 3.63) is 47.2 Å². The molecule has 0 aliphatic rings. The van der Waals surface area contributed by atoms with Gasteiger partial charge in [-0.1, -0.05) is 11.6 Å². The molecule has 0 unspecified atom stereocenters. The third-order valence-electron chi connectivity index (χ3n) is 2.97. The van der Waals surface area contributed by atoms with Gasteiger partial charge in [0, 0.05) is 5.56 Å². The Bertz CT molecular complexity index is 845. The van der Waals surface area contributed by atoms with Crippen LogP contribution in [0.5, 0.6) is 5.75 Å². The van der Waals surface area contributed by atoms with Crippen LogP contribution in [0.3, 0.4) is 0 Å². The minimum atomic E-state index is -4.76. The Morgan fingerprint density at radius 3 is 2.64 bits per heavy atom. The Balaban J connectivity index is 2.09. The lowest BCUT2D eigenvalue weighted by molar-refractivity contribution is -0.274. The van der Waals surface area contributed by atoms with Gasteiger partial charge >= 0.3 is 6.36 Å². The predicted molar refractivity (Wildman–Crippen MR) is 74.9 cm³/mol. The van der Waals surface area contributed by atoms with E-state index in [-0.39, 0.29) is 10.8 Å². The molecule has 0 N–H and O–H groups in total. The van der Waals surface area contributed by atoms with Gasteiger partial charge in [-0.25, -0.2) is 9.50 Å². The monoisotopic (exact) mass is 327 g/mol. The van der Waals surface area contributed by atoms with Crippen molar-refractivity contribution in [2.24, 2.45) is 0 Å². The van der Waals surface area contributed by atoms with Gasteiger partial charge in [0.1, 0.15) is 12.1 Å². The van der Waals surface area contributed by atoms with Gasteiger partial charge in [0.15, 0.2) is 5.65 Å². The Morgan fingerprint density at radius 2 is 1.95 bits per heavy atom. The molecule has 3 rings (SSSR count). The number of hydrogen-bond donors (Lipinski definition) is 0. The number of alkyl halides is 3. The summed E-state index contributed by atoms with van der Waals surface area (Å²) in [5.41, 5.74) is 2.73. The second-order valence-electron chi connectivity index (χ2n) is 4.64. The second kappa shape index (κ2) is 5.17. The molecule has 0 saturated carbocycles. The van der Waals surface area contributed by atoms with E-state index in [0.717, 1.165) is 11.6 Å². The first kappa shape index (κ1) is 14.6. The van der Waals surface area contributed by atoms with Crippen LogP contribution in [0.15, 0.2) is 36.7 Å². The minimum absolute atomic E-state index is 0.129. The van der Waals surface area contributed by atoms with E-state index in [1.54, 1.807) is 4.52 Å². The summed E-state index contributed by atoms with van der Waals surface area (Å²) >= 11 is 6.10. The lowest BCUT2D eigenvalue weighted by atomic mass is 10.1. The predicted octanol–water partition coefficient (Wildman–Crippen LogP) is 4.26. The molecule has 1 aromatic carbocycles. The van der Waals surface area contributed by atoms with Gasteiger partial charge in [-0.2, -0.15) is 5.10 Å². The normalized spacial score (nSPS) is 11.9. The zero-order valence-electron chi connectivity index (χ0n) is 11.2. The van der Waals surface area contributed by atoms with Crippen LogP contribution in [0.2, 0.25) is 5.02 Å². The molecule has 22 heavy (non-hydrogen) atoms. The van der Waals surface area contributed by atoms with Crippen LogP contribution in [0.1, 0.15) is 5.56 Å².